The molecule has 0 fully saturated rings. The summed E-state index contributed by atoms with van der Waals surface area (Å²) in [5, 5.41) is 10.3. The second-order valence-electron chi connectivity index (χ2n) is 11.3. The van der Waals surface area contributed by atoms with Crippen molar-refractivity contribution in [3.05, 3.63) is 164 Å². The normalized spacial score (nSPS) is 11.7. The Kier molecular flexibility index (Phi) is 5.27. The molecule has 0 spiro atoms. The lowest BCUT2D eigenvalue weighted by molar-refractivity contribution is 1.18. The van der Waals surface area contributed by atoms with Crippen LogP contribution < -0.4 is 0 Å². The van der Waals surface area contributed by atoms with E-state index in [1.807, 2.05) is 0 Å². The summed E-state index contributed by atoms with van der Waals surface area (Å²) in [5.41, 5.74) is 8.53. The maximum Gasteiger partial charge on any atom is 0.0619 e. The minimum Gasteiger partial charge on any atom is -0.309 e. The van der Waals surface area contributed by atoms with E-state index in [0.29, 0.717) is 0 Å². The van der Waals surface area contributed by atoms with E-state index in [-0.39, 0.29) is 0 Å². The van der Waals surface area contributed by atoms with Crippen LogP contribution >= 0.6 is 0 Å². The van der Waals surface area contributed by atoms with E-state index in [4.69, 9.17) is 0 Å². The SMILES string of the molecule is c1ccc(-n2c3ccccc3c3cccc(-c4cccc(-c5ccc6c7ccccc7c7ccccc7c6c5)c4)c32)cc1. The molecule has 0 radical (unpaired) electrons. The van der Waals surface area contributed by atoms with Gasteiger partial charge in [-0.05, 0) is 79.3 Å². The topological polar surface area (TPSA) is 4.93 Å². The molecule has 43 heavy (non-hydrogen) atoms. The van der Waals surface area contributed by atoms with Crippen LogP contribution in [0.4, 0.5) is 0 Å². The van der Waals surface area contributed by atoms with Crippen LogP contribution in [0.3, 0.4) is 0 Å². The highest BCUT2D eigenvalue weighted by atomic mass is 15.0. The van der Waals surface area contributed by atoms with E-state index in [2.05, 4.69) is 168 Å². The van der Waals surface area contributed by atoms with Crippen LogP contribution in [0.1, 0.15) is 0 Å². The molecule has 8 aromatic carbocycles. The monoisotopic (exact) mass is 545 g/mol. The molecule has 9 rings (SSSR count). The van der Waals surface area contributed by atoms with Gasteiger partial charge in [-0.1, -0.05) is 133 Å². The molecule has 0 saturated heterocycles. The lowest BCUT2D eigenvalue weighted by Crippen LogP contribution is -1.95. The van der Waals surface area contributed by atoms with Crippen molar-refractivity contribution in [2.75, 3.05) is 0 Å². The number of aromatic nitrogens is 1. The van der Waals surface area contributed by atoms with E-state index < -0.39 is 0 Å². The number of fused-ring (bicyclic) bond motifs is 9. The second kappa shape index (κ2) is 9.44. The molecule has 0 N–H and O–H groups in total. The number of para-hydroxylation sites is 3. The molecule has 0 atom stereocenters. The van der Waals surface area contributed by atoms with Gasteiger partial charge in [-0.2, -0.15) is 0 Å². The molecule has 0 unspecified atom stereocenters. The highest BCUT2D eigenvalue weighted by Crippen LogP contribution is 2.40. The molecule has 0 saturated carbocycles. The summed E-state index contributed by atoms with van der Waals surface area (Å²) in [6.45, 7) is 0. The molecule has 1 aromatic heterocycles. The summed E-state index contributed by atoms with van der Waals surface area (Å²) in [5.74, 6) is 0. The summed E-state index contributed by atoms with van der Waals surface area (Å²) in [6, 6.07) is 59.7. The van der Waals surface area contributed by atoms with Crippen molar-refractivity contribution in [1.29, 1.82) is 0 Å². The first-order chi connectivity index (χ1) is 21.3. The van der Waals surface area contributed by atoms with E-state index >= 15 is 0 Å². The average molecular weight is 546 g/mol. The predicted octanol–water partition coefficient (Wildman–Crippen LogP) is 11.6. The summed E-state index contributed by atoms with van der Waals surface area (Å²) in [7, 11) is 0. The van der Waals surface area contributed by atoms with Gasteiger partial charge in [0.15, 0.2) is 0 Å². The summed E-state index contributed by atoms with van der Waals surface area (Å²) >= 11 is 0. The number of benzene rings is 8. The van der Waals surface area contributed by atoms with Crippen molar-refractivity contribution >= 4 is 54.1 Å². The molecule has 0 aliphatic heterocycles. The van der Waals surface area contributed by atoms with Gasteiger partial charge >= 0.3 is 0 Å². The lowest BCUT2D eigenvalue weighted by atomic mass is 9.91. The Morgan fingerprint density at radius 3 is 1.58 bits per heavy atom. The third kappa shape index (κ3) is 3.65. The molecule has 0 bridgehead atoms. The van der Waals surface area contributed by atoms with Gasteiger partial charge < -0.3 is 4.57 Å². The highest BCUT2D eigenvalue weighted by Gasteiger charge is 2.17. The molecule has 0 amide bonds. The lowest BCUT2D eigenvalue weighted by Gasteiger charge is -2.14. The fraction of sp³-hybridized carbons (Fsp3) is 0. The Labute approximate surface area is 249 Å². The Morgan fingerprint density at radius 1 is 0.302 bits per heavy atom. The number of rotatable bonds is 3. The Balaban J connectivity index is 1.28. The van der Waals surface area contributed by atoms with Gasteiger partial charge in [0.1, 0.15) is 0 Å². The van der Waals surface area contributed by atoms with E-state index in [0.717, 1.165) is 0 Å². The zero-order valence-corrected chi connectivity index (χ0v) is 23.5. The van der Waals surface area contributed by atoms with E-state index in [9.17, 15) is 0 Å². The molecule has 1 nitrogen and oxygen atoms in total. The number of hydrogen-bond donors (Lipinski definition) is 0. The van der Waals surface area contributed by atoms with Crippen molar-refractivity contribution in [1.82, 2.24) is 4.57 Å². The highest BCUT2D eigenvalue weighted by molar-refractivity contribution is 6.25. The Morgan fingerprint density at radius 2 is 0.837 bits per heavy atom. The van der Waals surface area contributed by atoms with Crippen LogP contribution in [-0.4, -0.2) is 4.57 Å². The quantitative estimate of drug-likeness (QED) is 0.195. The summed E-state index contributed by atoms with van der Waals surface area (Å²) in [4.78, 5) is 0. The first kappa shape index (κ1) is 24.0. The molecule has 200 valence electrons. The number of hydrogen-bond acceptors (Lipinski definition) is 0. The third-order valence-corrected chi connectivity index (χ3v) is 8.96. The van der Waals surface area contributed by atoms with E-state index in [1.54, 1.807) is 0 Å². The van der Waals surface area contributed by atoms with Gasteiger partial charge in [0.2, 0.25) is 0 Å². The predicted molar refractivity (Wildman–Crippen MR) is 184 cm³/mol. The maximum atomic E-state index is 2.42. The van der Waals surface area contributed by atoms with Crippen LogP contribution in [0.15, 0.2) is 164 Å². The van der Waals surface area contributed by atoms with Crippen LogP contribution in [0.2, 0.25) is 0 Å². The summed E-state index contributed by atoms with van der Waals surface area (Å²) < 4.78 is 2.42. The standard InChI is InChI=1S/C42H27N/c1-2-14-31(15-3-1)43-41-23-9-8-20-38(41)39-22-11-21-32(42(39)43)30-13-10-12-28(26-30)29-24-25-37-35-18-5-4-16-33(35)34-17-6-7-19-36(34)40(37)27-29/h1-27H. The minimum atomic E-state index is 1.17. The van der Waals surface area contributed by atoms with Gasteiger partial charge in [-0.15, -0.1) is 0 Å². The fourth-order valence-electron chi connectivity index (χ4n) is 7.05. The second-order valence-corrected chi connectivity index (χ2v) is 11.3. The molecule has 9 aromatic rings. The molecule has 0 aliphatic rings. The van der Waals surface area contributed by atoms with Crippen LogP contribution in [0.5, 0.6) is 0 Å². The minimum absolute atomic E-state index is 1.17. The molecule has 1 heteroatoms. The average Bonchev–Trinajstić information content (AvgIpc) is 3.43. The van der Waals surface area contributed by atoms with Crippen molar-refractivity contribution in [3.63, 3.8) is 0 Å². The molecule has 0 aliphatic carbocycles. The van der Waals surface area contributed by atoms with E-state index in [1.165, 1.54) is 82.1 Å². The van der Waals surface area contributed by atoms with Crippen LogP contribution in [-0.2, 0) is 0 Å². The maximum absolute atomic E-state index is 2.42. The molecular formula is C42H27N. The molecule has 1 heterocycles. The van der Waals surface area contributed by atoms with Gasteiger partial charge in [-0.3, -0.25) is 0 Å². The van der Waals surface area contributed by atoms with Crippen LogP contribution in [0, 0.1) is 0 Å². The zero-order chi connectivity index (χ0) is 28.3. The first-order valence-corrected chi connectivity index (χ1v) is 14.9. The largest absolute Gasteiger partial charge is 0.309 e. The van der Waals surface area contributed by atoms with Crippen molar-refractivity contribution < 1.29 is 0 Å². The van der Waals surface area contributed by atoms with Crippen molar-refractivity contribution in [2.45, 2.75) is 0 Å². The zero-order valence-electron chi connectivity index (χ0n) is 23.5. The smallest absolute Gasteiger partial charge is 0.0619 e. The summed E-state index contributed by atoms with van der Waals surface area (Å²) in [6.07, 6.45) is 0. The number of nitrogens with zero attached hydrogens (tertiary/aromatic N) is 1. The van der Waals surface area contributed by atoms with Crippen molar-refractivity contribution in [3.8, 4) is 27.9 Å². The molecular weight excluding hydrogens is 518 g/mol. The Hall–Kier alpha value is -5.66. The fourth-order valence-corrected chi connectivity index (χ4v) is 7.05. The first-order valence-electron chi connectivity index (χ1n) is 14.9. The van der Waals surface area contributed by atoms with Gasteiger partial charge in [0.05, 0.1) is 11.0 Å². The Bertz CT molecular complexity index is 2460. The van der Waals surface area contributed by atoms with Gasteiger partial charge in [0, 0.05) is 22.0 Å². The van der Waals surface area contributed by atoms with Gasteiger partial charge in [-0.25, -0.2) is 0 Å². The third-order valence-electron chi connectivity index (χ3n) is 8.96. The van der Waals surface area contributed by atoms with Gasteiger partial charge in [0.25, 0.3) is 0 Å². The van der Waals surface area contributed by atoms with Crippen LogP contribution in [0.25, 0.3) is 82.1 Å². The van der Waals surface area contributed by atoms with Crippen molar-refractivity contribution in [2.24, 2.45) is 0 Å².